The summed E-state index contributed by atoms with van der Waals surface area (Å²) >= 11 is 1.92. The summed E-state index contributed by atoms with van der Waals surface area (Å²) in [5.41, 5.74) is 6.18. The van der Waals surface area contributed by atoms with Gasteiger partial charge in [0.05, 0.1) is 11.0 Å². The predicted molar refractivity (Wildman–Crippen MR) is 174 cm³/mol. The fraction of sp³-hybridized carbons (Fsp3) is 0. The third-order valence-electron chi connectivity index (χ3n) is 8.38. The zero-order chi connectivity index (χ0) is 26.2. The SMILES string of the molecule is c1ccc(-c2ccc(-n3c4ccccc4c4ccc5sc6c7ccccc7c7ccccc7c6c5c43)cc2)cc1. The van der Waals surface area contributed by atoms with Crippen LogP contribution in [-0.2, 0) is 0 Å². The van der Waals surface area contributed by atoms with Gasteiger partial charge in [0, 0.05) is 42.0 Å². The van der Waals surface area contributed by atoms with Crippen molar-refractivity contribution in [2.75, 3.05) is 0 Å². The lowest BCUT2D eigenvalue weighted by atomic mass is 9.96. The number of thiophene rings is 1. The maximum atomic E-state index is 2.48. The molecule has 186 valence electrons. The van der Waals surface area contributed by atoms with Crippen molar-refractivity contribution in [3.05, 3.63) is 140 Å². The Morgan fingerprint density at radius 2 is 1.00 bits per heavy atom. The van der Waals surface area contributed by atoms with Crippen LogP contribution in [0.1, 0.15) is 0 Å². The van der Waals surface area contributed by atoms with Crippen LogP contribution in [0.3, 0.4) is 0 Å². The molecular weight excluding hydrogens is 502 g/mol. The van der Waals surface area contributed by atoms with Gasteiger partial charge in [-0.2, -0.15) is 0 Å². The molecule has 9 rings (SSSR count). The summed E-state index contributed by atoms with van der Waals surface area (Å²) < 4.78 is 5.18. The number of hydrogen-bond donors (Lipinski definition) is 0. The second-order valence-electron chi connectivity index (χ2n) is 10.5. The number of nitrogens with zero attached hydrogens (tertiary/aromatic N) is 1. The van der Waals surface area contributed by atoms with Crippen molar-refractivity contribution in [1.82, 2.24) is 4.57 Å². The molecule has 2 aromatic heterocycles. The number of benzene rings is 7. The third kappa shape index (κ3) is 2.97. The van der Waals surface area contributed by atoms with Crippen LogP contribution in [0.15, 0.2) is 140 Å². The molecule has 40 heavy (non-hydrogen) atoms. The molecule has 0 saturated heterocycles. The maximum Gasteiger partial charge on any atom is 0.0634 e. The summed E-state index contributed by atoms with van der Waals surface area (Å²) in [6.07, 6.45) is 0. The van der Waals surface area contributed by atoms with Crippen molar-refractivity contribution in [3.63, 3.8) is 0 Å². The average Bonchev–Trinajstić information content (AvgIpc) is 3.58. The molecule has 0 N–H and O–H groups in total. The van der Waals surface area contributed by atoms with Crippen molar-refractivity contribution >= 4 is 74.9 Å². The van der Waals surface area contributed by atoms with Crippen LogP contribution in [0.25, 0.3) is 80.3 Å². The monoisotopic (exact) mass is 525 g/mol. The van der Waals surface area contributed by atoms with Gasteiger partial charge in [-0.05, 0) is 51.6 Å². The predicted octanol–water partition coefficient (Wildman–Crippen LogP) is 11.1. The lowest BCUT2D eigenvalue weighted by Crippen LogP contribution is -1.94. The Bertz CT molecular complexity index is 2410. The molecule has 0 spiro atoms. The van der Waals surface area contributed by atoms with Crippen LogP contribution in [0.4, 0.5) is 0 Å². The van der Waals surface area contributed by atoms with Crippen LogP contribution >= 0.6 is 11.3 Å². The van der Waals surface area contributed by atoms with Crippen molar-refractivity contribution < 1.29 is 0 Å². The van der Waals surface area contributed by atoms with E-state index in [4.69, 9.17) is 0 Å². The summed E-state index contributed by atoms with van der Waals surface area (Å²) in [6.45, 7) is 0. The molecule has 0 radical (unpaired) electrons. The van der Waals surface area contributed by atoms with E-state index in [1.54, 1.807) is 0 Å². The minimum atomic E-state index is 1.18. The van der Waals surface area contributed by atoms with Gasteiger partial charge in [-0.15, -0.1) is 11.3 Å². The van der Waals surface area contributed by atoms with E-state index in [0.29, 0.717) is 0 Å². The highest BCUT2D eigenvalue weighted by Crippen LogP contribution is 2.48. The third-order valence-corrected chi connectivity index (χ3v) is 9.57. The molecule has 0 atom stereocenters. The van der Waals surface area contributed by atoms with E-state index >= 15 is 0 Å². The van der Waals surface area contributed by atoms with Gasteiger partial charge in [0.2, 0.25) is 0 Å². The first-order valence-electron chi connectivity index (χ1n) is 13.7. The molecule has 2 heteroatoms. The van der Waals surface area contributed by atoms with Crippen LogP contribution in [-0.4, -0.2) is 4.57 Å². The zero-order valence-electron chi connectivity index (χ0n) is 21.6. The largest absolute Gasteiger partial charge is 0.309 e. The smallest absolute Gasteiger partial charge is 0.0634 e. The normalized spacial score (nSPS) is 12.0. The molecule has 0 saturated carbocycles. The molecule has 0 aliphatic rings. The molecule has 7 aromatic carbocycles. The number of fused-ring (bicyclic) bond motifs is 12. The van der Waals surface area contributed by atoms with Gasteiger partial charge in [0.1, 0.15) is 0 Å². The van der Waals surface area contributed by atoms with Crippen LogP contribution in [0, 0.1) is 0 Å². The molecular formula is C38H23NS. The molecule has 0 aliphatic carbocycles. The van der Waals surface area contributed by atoms with Gasteiger partial charge in [0.15, 0.2) is 0 Å². The summed E-state index contributed by atoms with van der Waals surface area (Å²) in [5.74, 6) is 0. The second-order valence-corrected chi connectivity index (χ2v) is 11.5. The Hall–Kier alpha value is -4.92. The highest BCUT2D eigenvalue weighted by Gasteiger charge is 2.20. The van der Waals surface area contributed by atoms with Crippen molar-refractivity contribution in [2.24, 2.45) is 0 Å². The van der Waals surface area contributed by atoms with E-state index < -0.39 is 0 Å². The topological polar surface area (TPSA) is 4.93 Å². The minimum absolute atomic E-state index is 1.18. The number of rotatable bonds is 2. The van der Waals surface area contributed by atoms with Gasteiger partial charge >= 0.3 is 0 Å². The van der Waals surface area contributed by atoms with Gasteiger partial charge in [-0.25, -0.2) is 0 Å². The second kappa shape index (κ2) is 8.29. The van der Waals surface area contributed by atoms with E-state index in [1.807, 2.05) is 11.3 Å². The molecule has 0 unspecified atom stereocenters. The van der Waals surface area contributed by atoms with Gasteiger partial charge < -0.3 is 4.57 Å². The van der Waals surface area contributed by atoms with Crippen LogP contribution < -0.4 is 0 Å². The van der Waals surface area contributed by atoms with Gasteiger partial charge in [-0.3, -0.25) is 0 Å². The first-order chi connectivity index (χ1) is 19.9. The molecule has 0 fully saturated rings. The van der Waals surface area contributed by atoms with Crippen molar-refractivity contribution in [1.29, 1.82) is 0 Å². The number of aromatic nitrogens is 1. The average molecular weight is 526 g/mol. The fourth-order valence-electron chi connectivity index (χ4n) is 6.64. The first kappa shape index (κ1) is 22.0. The Morgan fingerprint density at radius 3 is 1.77 bits per heavy atom. The molecule has 0 aliphatic heterocycles. The Balaban J connectivity index is 1.47. The lowest BCUT2D eigenvalue weighted by molar-refractivity contribution is 1.19. The van der Waals surface area contributed by atoms with E-state index in [0.717, 1.165) is 0 Å². The Kier molecular flexibility index (Phi) is 4.55. The van der Waals surface area contributed by atoms with E-state index in [1.165, 1.54) is 80.3 Å². The molecule has 9 aromatic rings. The van der Waals surface area contributed by atoms with Crippen molar-refractivity contribution in [2.45, 2.75) is 0 Å². The Labute approximate surface area is 235 Å². The van der Waals surface area contributed by atoms with E-state index in [2.05, 4.69) is 144 Å². The fourth-order valence-corrected chi connectivity index (χ4v) is 7.90. The summed E-state index contributed by atoms with van der Waals surface area (Å²) in [5, 5.41) is 10.6. The summed E-state index contributed by atoms with van der Waals surface area (Å²) in [4.78, 5) is 0. The maximum absolute atomic E-state index is 2.48. The lowest BCUT2D eigenvalue weighted by Gasteiger charge is -2.11. The highest BCUT2D eigenvalue weighted by atomic mass is 32.1. The molecule has 2 heterocycles. The summed E-state index contributed by atoms with van der Waals surface area (Å²) in [6, 6.07) is 51.0. The van der Waals surface area contributed by atoms with Crippen molar-refractivity contribution in [3.8, 4) is 16.8 Å². The van der Waals surface area contributed by atoms with Crippen LogP contribution in [0.5, 0.6) is 0 Å². The summed E-state index contributed by atoms with van der Waals surface area (Å²) in [7, 11) is 0. The molecule has 0 amide bonds. The minimum Gasteiger partial charge on any atom is -0.309 e. The standard InChI is InChI=1S/C38H23NS/c1-2-10-24(11-3-1)25-18-20-26(21-19-25)39-33-17-9-8-14-29(33)31-22-23-34-36(37(31)39)35-30-15-6-4-12-27(30)28-13-5-7-16-32(28)38(35)40-34/h1-23H. The Morgan fingerprint density at radius 1 is 0.400 bits per heavy atom. The van der Waals surface area contributed by atoms with E-state index in [9.17, 15) is 0 Å². The number of para-hydroxylation sites is 1. The highest BCUT2D eigenvalue weighted by molar-refractivity contribution is 7.27. The zero-order valence-corrected chi connectivity index (χ0v) is 22.5. The number of hydrogen-bond acceptors (Lipinski definition) is 1. The first-order valence-corrected chi connectivity index (χ1v) is 14.5. The van der Waals surface area contributed by atoms with Crippen LogP contribution in [0.2, 0.25) is 0 Å². The van der Waals surface area contributed by atoms with E-state index in [-0.39, 0.29) is 0 Å². The quantitative estimate of drug-likeness (QED) is 0.198. The van der Waals surface area contributed by atoms with Gasteiger partial charge in [0.25, 0.3) is 0 Å². The molecule has 1 nitrogen and oxygen atoms in total. The van der Waals surface area contributed by atoms with Gasteiger partial charge in [-0.1, -0.05) is 115 Å². The molecule has 0 bridgehead atoms.